The third-order valence-electron chi connectivity index (χ3n) is 2.59. The minimum absolute atomic E-state index is 0.399. The lowest BCUT2D eigenvalue weighted by Crippen LogP contribution is -2.54. The van der Waals surface area contributed by atoms with E-state index in [1.807, 2.05) is 0 Å². The van der Waals surface area contributed by atoms with Crippen LogP contribution in [0.2, 0.25) is 0 Å². The molecule has 0 unspecified atom stereocenters. The van der Waals surface area contributed by atoms with Crippen LogP contribution in [-0.2, 0) is 9.59 Å². The van der Waals surface area contributed by atoms with E-state index in [0.29, 0.717) is 6.41 Å². The van der Waals surface area contributed by atoms with Crippen LogP contribution in [0.1, 0.15) is 25.7 Å². The van der Waals surface area contributed by atoms with Crippen molar-refractivity contribution < 1.29 is 9.59 Å². The Morgan fingerprint density at radius 3 is 2.33 bits per heavy atom. The van der Waals surface area contributed by atoms with Gasteiger partial charge in [-0.05, 0) is 25.7 Å². The van der Waals surface area contributed by atoms with Gasteiger partial charge in [0.15, 0.2) is 0 Å². The van der Waals surface area contributed by atoms with E-state index in [4.69, 9.17) is 0 Å². The molecule has 0 heterocycles. The van der Waals surface area contributed by atoms with E-state index in [1.54, 1.807) is 11.9 Å². The Hall–Kier alpha value is -1.06. The maximum atomic E-state index is 10.5. The van der Waals surface area contributed by atoms with E-state index in [2.05, 4.69) is 5.32 Å². The van der Waals surface area contributed by atoms with E-state index >= 15 is 0 Å². The number of amides is 2. The first kappa shape index (κ1) is 9.03. The molecule has 2 amide bonds. The third-order valence-corrected chi connectivity index (χ3v) is 2.59. The molecule has 0 radical (unpaired) electrons. The van der Waals surface area contributed by atoms with Gasteiger partial charge in [-0.15, -0.1) is 0 Å². The fraction of sp³-hybridized carbons (Fsp3) is 0.750. The predicted molar refractivity (Wildman–Crippen MR) is 44.2 cm³/mol. The summed E-state index contributed by atoms with van der Waals surface area (Å²) >= 11 is 0. The highest BCUT2D eigenvalue weighted by molar-refractivity contribution is 5.53. The van der Waals surface area contributed by atoms with Gasteiger partial charge in [0, 0.05) is 7.05 Å². The first-order chi connectivity index (χ1) is 5.75. The van der Waals surface area contributed by atoms with Gasteiger partial charge in [-0.1, -0.05) is 0 Å². The van der Waals surface area contributed by atoms with Crippen LogP contribution in [0.3, 0.4) is 0 Å². The van der Waals surface area contributed by atoms with E-state index < -0.39 is 5.66 Å². The molecule has 0 aromatic rings. The lowest BCUT2D eigenvalue weighted by molar-refractivity contribution is -0.125. The van der Waals surface area contributed by atoms with Crippen molar-refractivity contribution in [3.8, 4) is 0 Å². The molecule has 1 aliphatic carbocycles. The van der Waals surface area contributed by atoms with Crippen LogP contribution in [0.15, 0.2) is 0 Å². The van der Waals surface area contributed by atoms with Gasteiger partial charge < -0.3 is 10.2 Å². The minimum atomic E-state index is -0.399. The number of rotatable bonds is 4. The summed E-state index contributed by atoms with van der Waals surface area (Å²) in [4.78, 5) is 22.4. The second-order valence-electron chi connectivity index (χ2n) is 3.22. The van der Waals surface area contributed by atoms with Crippen molar-refractivity contribution in [1.29, 1.82) is 0 Å². The Bertz CT molecular complexity index is 176. The largest absolute Gasteiger partial charge is 0.336 e. The smallest absolute Gasteiger partial charge is 0.211 e. The molecule has 68 valence electrons. The molecule has 0 spiro atoms. The molecule has 0 atom stereocenters. The SMILES string of the molecule is CN(C=O)C1(NC=O)CCCC1. The molecule has 4 heteroatoms. The highest BCUT2D eigenvalue weighted by Gasteiger charge is 2.36. The van der Waals surface area contributed by atoms with Gasteiger partial charge >= 0.3 is 0 Å². The number of hydrogen-bond donors (Lipinski definition) is 1. The fourth-order valence-electron chi connectivity index (χ4n) is 1.77. The summed E-state index contributed by atoms with van der Waals surface area (Å²) in [5.41, 5.74) is -0.399. The Kier molecular flexibility index (Phi) is 2.68. The molecule has 0 aromatic carbocycles. The molecule has 1 saturated carbocycles. The fourth-order valence-corrected chi connectivity index (χ4v) is 1.77. The van der Waals surface area contributed by atoms with Gasteiger partial charge in [-0.2, -0.15) is 0 Å². The van der Waals surface area contributed by atoms with Crippen LogP contribution >= 0.6 is 0 Å². The number of nitrogens with one attached hydrogen (secondary N) is 1. The Balaban J connectivity index is 2.69. The monoisotopic (exact) mass is 170 g/mol. The summed E-state index contributed by atoms with van der Waals surface area (Å²) in [5.74, 6) is 0. The summed E-state index contributed by atoms with van der Waals surface area (Å²) < 4.78 is 0. The van der Waals surface area contributed by atoms with E-state index in [9.17, 15) is 9.59 Å². The third kappa shape index (κ3) is 1.42. The quantitative estimate of drug-likeness (QED) is 0.480. The lowest BCUT2D eigenvalue weighted by Gasteiger charge is -2.35. The summed E-state index contributed by atoms with van der Waals surface area (Å²) in [6.07, 6.45) is 5.30. The average Bonchev–Trinajstić information content (AvgIpc) is 2.53. The zero-order valence-corrected chi connectivity index (χ0v) is 7.25. The number of carbonyl (C=O) groups excluding carboxylic acids is 2. The highest BCUT2D eigenvalue weighted by atomic mass is 16.1. The number of carbonyl (C=O) groups is 2. The van der Waals surface area contributed by atoms with Gasteiger partial charge in [0.2, 0.25) is 12.8 Å². The zero-order valence-electron chi connectivity index (χ0n) is 7.25. The van der Waals surface area contributed by atoms with Crippen molar-refractivity contribution in [3.63, 3.8) is 0 Å². The summed E-state index contributed by atoms with van der Waals surface area (Å²) in [5, 5.41) is 2.72. The second kappa shape index (κ2) is 3.56. The van der Waals surface area contributed by atoms with E-state index in [-0.39, 0.29) is 0 Å². The molecular weight excluding hydrogens is 156 g/mol. The standard InChI is InChI=1S/C8H14N2O2/c1-10(7-12)8(9-6-11)4-2-3-5-8/h6-7H,2-5H2,1H3,(H,9,11). The van der Waals surface area contributed by atoms with Crippen molar-refractivity contribution in [2.24, 2.45) is 0 Å². The summed E-state index contributed by atoms with van der Waals surface area (Å²) in [6.45, 7) is 0. The van der Waals surface area contributed by atoms with Crippen molar-refractivity contribution in [2.75, 3.05) is 7.05 Å². The molecule has 4 nitrogen and oxygen atoms in total. The van der Waals surface area contributed by atoms with Crippen LogP contribution < -0.4 is 5.32 Å². The van der Waals surface area contributed by atoms with E-state index in [0.717, 1.165) is 32.1 Å². The molecule has 0 aliphatic heterocycles. The first-order valence-electron chi connectivity index (χ1n) is 4.15. The van der Waals surface area contributed by atoms with Crippen LogP contribution in [0.25, 0.3) is 0 Å². The maximum absolute atomic E-state index is 10.5. The molecule has 1 rings (SSSR count). The van der Waals surface area contributed by atoms with Gasteiger partial charge in [-0.3, -0.25) is 9.59 Å². The van der Waals surface area contributed by atoms with Crippen LogP contribution in [0, 0.1) is 0 Å². The number of nitrogens with zero attached hydrogens (tertiary/aromatic N) is 1. The Morgan fingerprint density at radius 2 is 1.92 bits per heavy atom. The van der Waals surface area contributed by atoms with E-state index in [1.165, 1.54) is 0 Å². The van der Waals surface area contributed by atoms with Gasteiger partial charge in [0.25, 0.3) is 0 Å². The average molecular weight is 170 g/mol. The second-order valence-corrected chi connectivity index (χ2v) is 3.22. The lowest BCUT2D eigenvalue weighted by atomic mass is 10.1. The predicted octanol–water partition coefficient (Wildman–Crippen LogP) is 0.0909. The zero-order chi connectivity index (χ0) is 9.03. The van der Waals surface area contributed by atoms with Gasteiger partial charge in [0.1, 0.15) is 5.66 Å². The molecule has 0 aromatic heterocycles. The van der Waals surface area contributed by atoms with Gasteiger partial charge in [-0.25, -0.2) is 0 Å². The normalized spacial score (nSPS) is 20.1. The molecule has 1 fully saturated rings. The highest BCUT2D eigenvalue weighted by Crippen LogP contribution is 2.30. The molecule has 1 aliphatic rings. The van der Waals surface area contributed by atoms with Crippen LogP contribution in [0.4, 0.5) is 0 Å². The van der Waals surface area contributed by atoms with Crippen LogP contribution in [-0.4, -0.2) is 30.4 Å². The molecule has 1 N–H and O–H groups in total. The Labute approximate surface area is 71.9 Å². The van der Waals surface area contributed by atoms with Crippen molar-refractivity contribution in [2.45, 2.75) is 31.3 Å². The Morgan fingerprint density at radius 1 is 1.33 bits per heavy atom. The van der Waals surface area contributed by atoms with Crippen LogP contribution in [0.5, 0.6) is 0 Å². The van der Waals surface area contributed by atoms with Crippen molar-refractivity contribution >= 4 is 12.8 Å². The minimum Gasteiger partial charge on any atom is -0.336 e. The summed E-state index contributed by atoms with van der Waals surface area (Å²) in [6, 6.07) is 0. The summed E-state index contributed by atoms with van der Waals surface area (Å²) in [7, 11) is 1.70. The molecule has 0 bridgehead atoms. The molecule has 0 saturated heterocycles. The van der Waals surface area contributed by atoms with Crippen molar-refractivity contribution in [3.05, 3.63) is 0 Å². The maximum Gasteiger partial charge on any atom is 0.211 e. The molecular formula is C8H14N2O2. The molecule has 12 heavy (non-hydrogen) atoms. The number of hydrogen-bond acceptors (Lipinski definition) is 2. The van der Waals surface area contributed by atoms with Gasteiger partial charge in [0.05, 0.1) is 0 Å². The topological polar surface area (TPSA) is 49.4 Å². The van der Waals surface area contributed by atoms with Crippen molar-refractivity contribution in [1.82, 2.24) is 10.2 Å². The first-order valence-corrected chi connectivity index (χ1v) is 4.15.